The van der Waals surface area contributed by atoms with Crippen LogP contribution in [-0.4, -0.2) is 23.3 Å². The predicted octanol–water partition coefficient (Wildman–Crippen LogP) is 0.224. The Morgan fingerprint density at radius 3 is 3.18 bits per heavy atom. The van der Waals surface area contributed by atoms with Gasteiger partial charge in [-0.3, -0.25) is 14.6 Å². The quantitative estimate of drug-likeness (QED) is 0.784. The zero-order chi connectivity index (χ0) is 12.1. The van der Waals surface area contributed by atoms with Gasteiger partial charge in [-0.15, -0.1) is 0 Å². The highest BCUT2D eigenvalue weighted by Crippen LogP contribution is 2.12. The molecule has 2 rings (SSSR count). The molecular weight excluding hydrogens is 218 g/mol. The summed E-state index contributed by atoms with van der Waals surface area (Å²) in [4.78, 5) is 26.9. The van der Waals surface area contributed by atoms with Gasteiger partial charge in [-0.05, 0) is 18.1 Å². The van der Waals surface area contributed by atoms with Gasteiger partial charge >= 0.3 is 0 Å². The second-order valence-corrected chi connectivity index (χ2v) is 4.12. The van der Waals surface area contributed by atoms with Gasteiger partial charge < -0.3 is 10.6 Å². The summed E-state index contributed by atoms with van der Waals surface area (Å²) in [6.45, 7) is 1.05. The van der Waals surface area contributed by atoms with Crippen LogP contribution in [0, 0.1) is 5.92 Å². The van der Waals surface area contributed by atoms with Crippen molar-refractivity contribution >= 4 is 11.8 Å². The van der Waals surface area contributed by atoms with Crippen LogP contribution in [0.15, 0.2) is 24.5 Å². The topological polar surface area (TPSA) is 71.1 Å². The van der Waals surface area contributed by atoms with Crippen LogP contribution in [0.25, 0.3) is 0 Å². The molecule has 0 aliphatic carbocycles. The normalized spacial score (nSPS) is 19.5. The molecule has 1 aromatic rings. The molecule has 0 saturated carbocycles. The van der Waals surface area contributed by atoms with Gasteiger partial charge in [-0.2, -0.15) is 0 Å². The number of amides is 2. The lowest BCUT2D eigenvalue weighted by Gasteiger charge is -2.21. The maximum Gasteiger partial charge on any atom is 0.223 e. The van der Waals surface area contributed by atoms with Gasteiger partial charge in [0, 0.05) is 37.8 Å². The van der Waals surface area contributed by atoms with Gasteiger partial charge in [0.2, 0.25) is 11.8 Å². The first-order chi connectivity index (χ1) is 8.25. The second-order valence-electron chi connectivity index (χ2n) is 4.12. The monoisotopic (exact) mass is 233 g/mol. The van der Waals surface area contributed by atoms with Crippen molar-refractivity contribution in [3.05, 3.63) is 30.1 Å². The van der Waals surface area contributed by atoms with E-state index in [1.807, 2.05) is 12.1 Å². The van der Waals surface area contributed by atoms with Crippen molar-refractivity contribution in [2.24, 2.45) is 5.92 Å². The third-order valence-electron chi connectivity index (χ3n) is 2.81. The summed E-state index contributed by atoms with van der Waals surface area (Å²) in [6.07, 6.45) is 4.41. The van der Waals surface area contributed by atoms with Gasteiger partial charge in [0.1, 0.15) is 0 Å². The average Bonchev–Trinajstić information content (AvgIpc) is 2.37. The molecule has 17 heavy (non-hydrogen) atoms. The Bertz CT molecular complexity index is 405. The van der Waals surface area contributed by atoms with Crippen LogP contribution in [0.3, 0.4) is 0 Å². The number of rotatable bonds is 3. The summed E-state index contributed by atoms with van der Waals surface area (Å²) in [5, 5.41) is 5.54. The molecule has 0 radical (unpaired) electrons. The molecule has 1 aromatic heterocycles. The van der Waals surface area contributed by atoms with Gasteiger partial charge in [0.05, 0.1) is 0 Å². The molecule has 0 aromatic carbocycles. The third-order valence-corrected chi connectivity index (χ3v) is 2.81. The molecule has 1 aliphatic heterocycles. The molecule has 0 bridgehead atoms. The molecule has 1 fully saturated rings. The smallest absolute Gasteiger partial charge is 0.223 e. The van der Waals surface area contributed by atoms with Crippen molar-refractivity contribution < 1.29 is 9.59 Å². The molecule has 5 nitrogen and oxygen atoms in total. The number of pyridine rings is 1. The fraction of sp³-hybridized carbons (Fsp3) is 0.417. The van der Waals surface area contributed by atoms with Crippen molar-refractivity contribution in [2.45, 2.75) is 19.4 Å². The number of carbonyl (C=O) groups excluding carboxylic acids is 2. The van der Waals surface area contributed by atoms with E-state index in [9.17, 15) is 9.59 Å². The Labute approximate surface area is 99.6 Å². The first-order valence-electron chi connectivity index (χ1n) is 5.69. The molecule has 2 heterocycles. The first-order valence-corrected chi connectivity index (χ1v) is 5.69. The van der Waals surface area contributed by atoms with E-state index < -0.39 is 0 Å². The number of aromatic nitrogens is 1. The second kappa shape index (κ2) is 5.43. The van der Waals surface area contributed by atoms with Crippen LogP contribution in [0.2, 0.25) is 0 Å². The molecule has 90 valence electrons. The fourth-order valence-corrected chi connectivity index (χ4v) is 1.84. The van der Waals surface area contributed by atoms with Crippen LogP contribution >= 0.6 is 0 Å². The van der Waals surface area contributed by atoms with E-state index in [4.69, 9.17) is 0 Å². The van der Waals surface area contributed by atoms with Crippen molar-refractivity contribution in [2.75, 3.05) is 6.54 Å². The highest BCUT2D eigenvalue weighted by atomic mass is 16.2. The van der Waals surface area contributed by atoms with Crippen LogP contribution in [-0.2, 0) is 16.1 Å². The summed E-state index contributed by atoms with van der Waals surface area (Å²) in [5.41, 5.74) is 0.959. The molecule has 2 N–H and O–H groups in total. The number of nitrogens with one attached hydrogen (secondary N) is 2. The number of piperidine rings is 1. The summed E-state index contributed by atoms with van der Waals surface area (Å²) in [7, 11) is 0. The van der Waals surface area contributed by atoms with E-state index in [-0.39, 0.29) is 17.7 Å². The fourth-order valence-electron chi connectivity index (χ4n) is 1.84. The highest BCUT2D eigenvalue weighted by molar-refractivity contribution is 5.86. The summed E-state index contributed by atoms with van der Waals surface area (Å²) in [5.74, 6) is -0.290. The minimum absolute atomic E-state index is 0.0437. The molecule has 1 aliphatic rings. The standard InChI is InChI=1S/C12H15N3O2/c16-11-6-10(3-5-14-11)12(17)15-8-9-2-1-4-13-7-9/h1-2,4,7,10H,3,5-6,8H2,(H,14,16)(H,15,17). The third kappa shape index (κ3) is 3.27. The Kier molecular flexibility index (Phi) is 3.69. The number of hydrogen-bond donors (Lipinski definition) is 2. The maximum absolute atomic E-state index is 11.8. The van der Waals surface area contributed by atoms with E-state index in [2.05, 4.69) is 15.6 Å². The average molecular weight is 233 g/mol. The lowest BCUT2D eigenvalue weighted by atomic mass is 9.96. The zero-order valence-electron chi connectivity index (χ0n) is 9.48. The van der Waals surface area contributed by atoms with Crippen molar-refractivity contribution in [1.82, 2.24) is 15.6 Å². The molecule has 0 spiro atoms. The summed E-state index contributed by atoms with van der Waals surface area (Å²) >= 11 is 0. The van der Waals surface area contributed by atoms with E-state index in [0.717, 1.165) is 5.56 Å². The maximum atomic E-state index is 11.8. The lowest BCUT2D eigenvalue weighted by Crippen LogP contribution is -2.40. The Morgan fingerprint density at radius 2 is 2.47 bits per heavy atom. The summed E-state index contributed by atoms with van der Waals surface area (Å²) in [6, 6.07) is 3.73. The number of nitrogens with zero attached hydrogens (tertiary/aromatic N) is 1. The van der Waals surface area contributed by atoms with Gasteiger partial charge in [0.25, 0.3) is 0 Å². The van der Waals surface area contributed by atoms with Crippen LogP contribution < -0.4 is 10.6 Å². The Hall–Kier alpha value is -1.91. The molecule has 1 atom stereocenters. The summed E-state index contributed by atoms with van der Waals surface area (Å²) < 4.78 is 0. The molecular formula is C12H15N3O2. The van der Waals surface area contributed by atoms with Crippen molar-refractivity contribution in [1.29, 1.82) is 0 Å². The SMILES string of the molecule is O=C1CC(C(=O)NCc2cccnc2)CCN1. The van der Waals surface area contributed by atoms with E-state index >= 15 is 0 Å². The molecule has 5 heteroatoms. The Morgan fingerprint density at radius 1 is 1.59 bits per heavy atom. The van der Waals surface area contributed by atoms with Crippen molar-refractivity contribution in [3.8, 4) is 0 Å². The van der Waals surface area contributed by atoms with Gasteiger partial charge in [-0.1, -0.05) is 6.07 Å². The molecule has 2 amide bonds. The largest absolute Gasteiger partial charge is 0.356 e. The first kappa shape index (κ1) is 11.6. The van der Waals surface area contributed by atoms with Crippen LogP contribution in [0.4, 0.5) is 0 Å². The van der Waals surface area contributed by atoms with E-state index in [1.165, 1.54) is 0 Å². The van der Waals surface area contributed by atoms with E-state index in [0.29, 0.717) is 25.9 Å². The molecule has 1 unspecified atom stereocenters. The minimum atomic E-state index is -0.194. The van der Waals surface area contributed by atoms with Crippen LogP contribution in [0.5, 0.6) is 0 Å². The van der Waals surface area contributed by atoms with Gasteiger partial charge in [-0.25, -0.2) is 0 Å². The number of hydrogen-bond acceptors (Lipinski definition) is 3. The van der Waals surface area contributed by atoms with E-state index in [1.54, 1.807) is 12.4 Å². The predicted molar refractivity (Wildman–Crippen MR) is 61.8 cm³/mol. The number of carbonyl (C=O) groups is 2. The highest BCUT2D eigenvalue weighted by Gasteiger charge is 2.24. The Balaban J connectivity index is 1.83. The van der Waals surface area contributed by atoms with Crippen LogP contribution in [0.1, 0.15) is 18.4 Å². The van der Waals surface area contributed by atoms with Crippen molar-refractivity contribution in [3.63, 3.8) is 0 Å². The lowest BCUT2D eigenvalue weighted by molar-refractivity contribution is -0.132. The van der Waals surface area contributed by atoms with Gasteiger partial charge in [0.15, 0.2) is 0 Å². The zero-order valence-corrected chi connectivity index (χ0v) is 9.48. The molecule has 1 saturated heterocycles. The minimum Gasteiger partial charge on any atom is -0.356 e.